The van der Waals surface area contributed by atoms with Gasteiger partial charge in [0.05, 0.1) is 0 Å². The summed E-state index contributed by atoms with van der Waals surface area (Å²) in [5.41, 5.74) is 0. The van der Waals surface area contributed by atoms with E-state index in [9.17, 15) is 0 Å². The summed E-state index contributed by atoms with van der Waals surface area (Å²) < 4.78 is 63.5. The molecule has 0 aromatic heterocycles. The SMILES string of the molecule is O=S(=O)(O)O.[O]=[Cr](=[O])([OH])[OH]. The normalized spacial score (nSPS) is 11.6. The van der Waals surface area contributed by atoms with Gasteiger partial charge in [0.15, 0.2) is 0 Å². The molecule has 0 rings (SSSR count). The number of hydrogen-bond acceptors (Lipinski definition) is 4. The fourth-order valence-corrected chi connectivity index (χ4v) is 0. The maximum atomic E-state index is 8.82. The van der Waals surface area contributed by atoms with Gasteiger partial charge in [0, 0.05) is 0 Å². The first kappa shape index (κ1) is 12.6. The van der Waals surface area contributed by atoms with Gasteiger partial charge in [-0.3, -0.25) is 9.11 Å². The third-order valence-corrected chi connectivity index (χ3v) is 0. The van der Waals surface area contributed by atoms with Gasteiger partial charge in [0.2, 0.25) is 0 Å². The van der Waals surface area contributed by atoms with Crippen molar-refractivity contribution >= 4 is 10.4 Å². The van der Waals surface area contributed by atoms with E-state index in [-0.39, 0.29) is 0 Å². The van der Waals surface area contributed by atoms with Crippen LogP contribution < -0.4 is 0 Å². The summed E-state index contributed by atoms with van der Waals surface area (Å²) in [6.07, 6.45) is 0. The Balaban J connectivity index is 0. The Morgan fingerprint density at radius 3 is 1.00 bits per heavy atom. The molecule has 0 aliphatic rings. The summed E-state index contributed by atoms with van der Waals surface area (Å²) >= 11 is -5.25. The van der Waals surface area contributed by atoms with Crippen molar-refractivity contribution < 1.29 is 47.1 Å². The molecule has 0 aliphatic carbocycles. The molecule has 0 spiro atoms. The zero-order chi connectivity index (χ0) is 9.00. The average Bonchev–Trinajstić information content (AvgIpc) is 1.12. The zero-order valence-corrected chi connectivity index (χ0v) is 6.33. The van der Waals surface area contributed by atoms with E-state index in [4.69, 9.17) is 33.4 Å². The van der Waals surface area contributed by atoms with Crippen molar-refractivity contribution in [2.45, 2.75) is 0 Å². The first-order chi connectivity index (χ1) is 4.00. The summed E-state index contributed by atoms with van der Waals surface area (Å²) in [6, 6.07) is 0. The van der Waals surface area contributed by atoms with Gasteiger partial charge in [-0.15, -0.1) is 0 Å². The van der Waals surface area contributed by atoms with E-state index in [1.165, 1.54) is 0 Å². The van der Waals surface area contributed by atoms with Crippen LogP contribution in [0, 0.1) is 0 Å². The van der Waals surface area contributed by atoms with Crippen molar-refractivity contribution in [2.75, 3.05) is 0 Å². The molecule has 10 heteroatoms. The standard InChI is InChI=1S/Cr.H2O4S.2H2O.2O/c;1-5(2,3)4;;;;/h;(H2,1,2,3,4);2*1H2;;/q+2;;;;;/p-2. The van der Waals surface area contributed by atoms with Crippen LogP contribution in [-0.2, 0) is 31.6 Å². The molecule has 0 aromatic carbocycles. The van der Waals surface area contributed by atoms with Crippen LogP contribution in [0.25, 0.3) is 0 Å². The van der Waals surface area contributed by atoms with Crippen LogP contribution >= 0.6 is 0 Å². The van der Waals surface area contributed by atoms with E-state index < -0.39 is 24.0 Å². The van der Waals surface area contributed by atoms with Crippen molar-refractivity contribution in [1.29, 1.82) is 0 Å². The number of rotatable bonds is 0. The van der Waals surface area contributed by atoms with Gasteiger partial charge < -0.3 is 0 Å². The summed E-state index contributed by atoms with van der Waals surface area (Å²) in [5, 5.41) is 0. The van der Waals surface area contributed by atoms with Crippen LogP contribution in [0.1, 0.15) is 0 Å². The molecular formula is H4CrO8S. The van der Waals surface area contributed by atoms with Crippen molar-refractivity contribution in [3.63, 3.8) is 0 Å². The molecule has 0 saturated carbocycles. The minimum atomic E-state index is -5.25. The molecular weight excluding hydrogens is 212 g/mol. The molecule has 0 heterocycles. The summed E-state index contributed by atoms with van der Waals surface area (Å²) in [4.78, 5) is 0. The second-order valence-corrected chi connectivity index (χ2v) is 3.19. The van der Waals surface area contributed by atoms with Crippen molar-refractivity contribution in [2.24, 2.45) is 0 Å². The molecule has 0 aromatic rings. The monoisotopic (exact) mass is 216 g/mol. The summed E-state index contributed by atoms with van der Waals surface area (Å²) in [5.74, 6) is 0. The van der Waals surface area contributed by atoms with Gasteiger partial charge in [-0.1, -0.05) is 0 Å². The molecule has 0 bridgehead atoms. The van der Waals surface area contributed by atoms with E-state index in [1.54, 1.807) is 0 Å². The Labute approximate surface area is 58.1 Å². The van der Waals surface area contributed by atoms with Crippen molar-refractivity contribution in [3.05, 3.63) is 0 Å². The van der Waals surface area contributed by atoms with Gasteiger partial charge >= 0.3 is 39.9 Å². The average molecular weight is 216 g/mol. The predicted octanol–water partition coefficient (Wildman–Crippen LogP) is -2.01. The van der Waals surface area contributed by atoms with Crippen LogP contribution in [0.15, 0.2) is 0 Å². The van der Waals surface area contributed by atoms with Gasteiger partial charge in [-0.25, -0.2) is 0 Å². The summed E-state index contributed by atoms with van der Waals surface area (Å²) in [6.45, 7) is 0. The number of hydrogen-bond donors (Lipinski definition) is 4. The first-order valence-corrected chi connectivity index (χ1v) is 4.98. The quantitative estimate of drug-likeness (QED) is 0.339. The fourth-order valence-electron chi connectivity index (χ4n) is 0. The first-order valence-electron chi connectivity index (χ1n) is 1.40. The van der Waals surface area contributed by atoms with Crippen molar-refractivity contribution in [3.8, 4) is 0 Å². The van der Waals surface area contributed by atoms with Crippen LogP contribution in [0.4, 0.5) is 0 Å². The second kappa shape index (κ2) is 3.94. The molecule has 0 saturated heterocycles. The second-order valence-electron chi connectivity index (χ2n) is 0.896. The molecule has 0 unspecified atom stereocenters. The van der Waals surface area contributed by atoms with E-state index >= 15 is 0 Å². The van der Waals surface area contributed by atoms with Gasteiger partial charge in [-0.05, 0) is 0 Å². The van der Waals surface area contributed by atoms with E-state index in [0.717, 1.165) is 0 Å². The molecule has 0 aliphatic heterocycles. The van der Waals surface area contributed by atoms with Gasteiger partial charge in [-0.2, -0.15) is 8.42 Å². The van der Waals surface area contributed by atoms with Crippen molar-refractivity contribution in [1.82, 2.24) is 0 Å². The molecule has 0 fully saturated rings. The van der Waals surface area contributed by atoms with Crippen LogP contribution in [0.3, 0.4) is 0 Å². The molecule has 0 amide bonds. The third-order valence-electron chi connectivity index (χ3n) is 0. The van der Waals surface area contributed by atoms with E-state index in [2.05, 4.69) is 0 Å². The summed E-state index contributed by atoms with van der Waals surface area (Å²) in [7, 11) is -4.67. The molecule has 0 atom stereocenters. The predicted molar refractivity (Wildman–Crippen MR) is 20.0 cm³/mol. The minimum absolute atomic E-state index is 4.67. The Morgan fingerprint density at radius 2 is 1.00 bits per heavy atom. The molecule has 10 heavy (non-hydrogen) atoms. The fraction of sp³-hybridized carbons (Fsp3) is 0. The third kappa shape index (κ3) is 63200. The van der Waals surface area contributed by atoms with Gasteiger partial charge in [0.1, 0.15) is 0 Å². The molecule has 4 N–H and O–H groups in total. The Bertz CT molecular complexity index is 206. The molecule has 8 nitrogen and oxygen atoms in total. The Kier molecular flexibility index (Phi) is 4.96. The molecule has 0 radical (unpaired) electrons. The zero-order valence-electron chi connectivity index (χ0n) is 4.24. The Hall–Kier alpha value is -0.0775. The van der Waals surface area contributed by atoms with Gasteiger partial charge in [0.25, 0.3) is 0 Å². The van der Waals surface area contributed by atoms with Crippen LogP contribution in [-0.4, -0.2) is 25.8 Å². The van der Waals surface area contributed by atoms with Crippen LogP contribution in [0.2, 0.25) is 0 Å². The van der Waals surface area contributed by atoms with E-state index in [0.29, 0.717) is 0 Å². The molecule has 64 valence electrons. The Morgan fingerprint density at radius 1 is 1.00 bits per heavy atom. The van der Waals surface area contributed by atoms with E-state index in [1.807, 2.05) is 0 Å². The maximum absolute atomic E-state index is 8.82. The van der Waals surface area contributed by atoms with Crippen LogP contribution in [0.5, 0.6) is 0 Å². The topological polar surface area (TPSA) is 149 Å².